The van der Waals surface area contributed by atoms with E-state index in [9.17, 15) is 4.79 Å². The number of carbonyl (C=O) groups is 1. The molecule has 2 N–H and O–H groups in total. The molecule has 0 atom stereocenters. The first-order valence-corrected chi connectivity index (χ1v) is 5.70. The molecule has 1 aromatic heterocycles. The van der Waals surface area contributed by atoms with Crippen LogP contribution >= 0.6 is 0 Å². The van der Waals surface area contributed by atoms with Gasteiger partial charge in [-0.05, 0) is 18.6 Å². The second-order valence-electron chi connectivity index (χ2n) is 4.14. The van der Waals surface area contributed by atoms with Gasteiger partial charge in [-0.2, -0.15) is 5.10 Å². The summed E-state index contributed by atoms with van der Waals surface area (Å²) in [5, 5.41) is 4.50. The number of Topliss-reactive ketones (excluding diaryl/α,β-unsaturated/α-hetero) is 1. The van der Waals surface area contributed by atoms with Crippen molar-refractivity contribution >= 4 is 5.78 Å². The lowest BCUT2D eigenvalue weighted by molar-refractivity contribution is 0.0993. The Labute approximate surface area is 99.1 Å². The van der Waals surface area contributed by atoms with E-state index in [0.29, 0.717) is 13.0 Å². The fraction of sp³-hybridized carbons (Fsp3) is 0.231. The third-order valence-corrected chi connectivity index (χ3v) is 3.12. The molecule has 1 aromatic carbocycles. The quantitative estimate of drug-likeness (QED) is 0.844. The van der Waals surface area contributed by atoms with E-state index in [1.54, 1.807) is 4.68 Å². The van der Waals surface area contributed by atoms with Gasteiger partial charge in [0.25, 0.3) is 0 Å². The molecule has 0 saturated heterocycles. The van der Waals surface area contributed by atoms with E-state index in [2.05, 4.69) is 5.10 Å². The zero-order valence-corrected chi connectivity index (χ0v) is 9.39. The molecular formula is C13H13N3O. The minimum Gasteiger partial charge on any atom is -0.325 e. The number of para-hydroxylation sites is 1. The van der Waals surface area contributed by atoms with Gasteiger partial charge in [0.1, 0.15) is 0 Å². The number of ketones is 1. The highest BCUT2D eigenvalue weighted by Gasteiger charge is 2.28. The molecule has 3 rings (SSSR count). The molecule has 17 heavy (non-hydrogen) atoms. The van der Waals surface area contributed by atoms with E-state index < -0.39 is 0 Å². The number of rotatable bonds is 2. The predicted molar refractivity (Wildman–Crippen MR) is 64.1 cm³/mol. The van der Waals surface area contributed by atoms with Crippen LogP contribution in [0.15, 0.2) is 30.3 Å². The number of fused-ring (bicyclic) bond motifs is 1. The minimum atomic E-state index is 0.169. The fourth-order valence-electron chi connectivity index (χ4n) is 2.33. The van der Waals surface area contributed by atoms with Crippen LogP contribution in [0.4, 0.5) is 0 Å². The van der Waals surface area contributed by atoms with Gasteiger partial charge in [-0.25, -0.2) is 4.68 Å². The Morgan fingerprint density at radius 1 is 1.24 bits per heavy atom. The number of nitrogens with zero attached hydrogens (tertiary/aromatic N) is 2. The van der Waals surface area contributed by atoms with Crippen LogP contribution < -0.4 is 5.73 Å². The molecule has 1 aliphatic carbocycles. The van der Waals surface area contributed by atoms with E-state index in [4.69, 9.17) is 5.73 Å². The van der Waals surface area contributed by atoms with Crippen LogP contribution in [0.1, 0.15) is 28.2 Å². The van der Waals surface area contributed by atoms with Gasteiger partial charge in [-0.15, -0.1) is 0 Å². The van der Waals surface area contributed by atoms with Gasteiger partial charge >= 0.3 is 0 Å². The number of nitrogens with two attached hydrogens (primary N) is 1. The molecule has 86 valence electrons. The van der Waals surface area contributed by atoms with Gasteiger partial charge in [-0.1, -0.05) is 18.2 Å². The first kappa shape index (κ1) is 10.2. The van der Waals surface area contributed by atoms with E-state index in [0.717, 1.165) is 29.1 Å². The molecule has 0 amide bonds. The number of hydrogen-bond acceptors (Lipinski definition) is 3. The molecule has 4 heteroatoms. The zero-order chi connectivity index (χ0) is 11.8. The lowest BCUT2D eigenvalue weighted by Gasteiger charge is -2.06. The predicted octanol–water partition coefficient (Wildman–Crippen LogP) is 1.46. The highest BCUT2D eigenvalue weighted by molar-refractivity contribution is 6.01. The summed E-state index contributed by atoms with van der Waals surface area (Å²) in [5.74, 6) is 0.169. The Bertz CT molecular complexity index is 572. The molecule has 0 spiro atoms. The topological polar surface area (TPSA) is 60.9 Å². The Morgan fingerprint density at radius 2 is 2.00 bits per heavy atom. The van der Waals surface area contributed by atoms with Gasteiger partial charge < -0.3 is 5.73 Å². The number of aryl methyl sites for hydroxylation is 1. The Balaban J connectivity index is 2.20. The molecular weight excluding hydrogens is 214 g/mol. The summed E-state index contributed by atoms with van der Waals surface area (Å²) in [6.07, 6.45) is 1.31. The summed E-state index contributed by atoms with van der Waals surface area (Å²) < 4.78 is 1.79. The van der Waals surface area contributed by atoms with Gasteiger partial charge in [0.05, 0.1) is 22.6 Å². The van der Waals surface area contributed by atoms with E-state index >= 15 is 0 Å². The highest BCUT2D eigenvalue weighted by atomic mass is 16.1. The fourth-order valence-corrected chi connectivity index (χ4v) is 2.33. The average Bonchev–Trinajstić information content (AvgIpc) is 2.91. The van der Waals surface area contributed by atoms with Crippen molar-refractivity contribution in [3.63, 3.8) is 0 Å². The van der Waals surface area contributed by atoms with Crippen LogP contribution in [0.3, 0.4) is 0 Å². The maximum absolute atomic E-state index is 11.8. The van der Waals surface area contributed by atoms with Crippen LogP contribution in [0.2, 0.25) is 0 Å². The van der Waals surface area contributed by atoms with Crippen LogP contribution in [0, 0.1) is 0 Å². The summed E-state index contributed by atoms with van der Waals surface area (Å²) in [6, 6.07) is 9.78. The first-order chi connectivity index (χ1) is 8.31. The van der Waals surface area contributed by atoms with Crippen LogP contribution in [-0.2, 0) is 13.0 Å². The molecule has 0 aliphatic heterocycles. The maximum atomic E-state index is 11.8. The second-order valence-corrected chi connectivity index (χ2v) is 4.14. The lowest BCUT2D eigenvalue weighted by Crippen LogP contribution is -2.10. The summed E-state index contributed by atoms with van der Waals surface area (Å²) in [6.45, 7) is 0.336. The molecule has 0 unspecified atom stereocenters. The van der Waals surface area contributed by atoms with E-state index in [1.807, 2.05) is 30.3 Å². The summed E-state index contributed by atoms with van der Waals surface area (Å²) in [7, 11) is 0. The summed E-state index contributed by atoms with van der Waals surface area (Å²) in [5.41, 5.74) is 9.17. The van der Waals surface area contributed by atoms with Crippen molar-refractivity contribution in [2.45, 2.75) is 19.4 Å². The largest absolute Gasteiger partial charge is 0.325 e. The molecule has 0 radical (unpaired) electrons. The van der Waals surface area contributed by atoms with Gasteiger partial charge in [0, 0.05) is 13.0 Å². The van der Waals surface area contributed by atoms with Crippen molar-refractivity contribution in [2.75, 3.05) is 0 Å². The third-order valence-electron chi connectivity index (χ3n) is 3.12. The van der Waals surface area contributed by atoms with Crippen molar-refractivity contribution < 1.29 is 4.79 Å². The molecule has 0 saturated carbocycles. The van der Waals surface area contributed by atoms with Crippen molar-refractivity contribution in [3.8, 4) is 5.69 Å². The third kappa shape index (κ3) is 1.49. The van der Waals surface area contributed by atoms with Crippen molar-refractivity contribution in [3.05, 3.63) is 47.3 Å². The number of hydrogen-bond donors (Lipinski definition) is 1. The summed E-state index contributed by atoms with van der Waals surface area (Å²) >= 11 is 0. The Kier molecular flexibility index (Phi) is 2.30. The minimum absolute atomic E-state index is 0.169. The van der Waals surface area contributed by atoms with Crippen molar-refractivity contribution in [1.82, 2.24) is 9.78 Å². The Hall–Kier alpha value is -1.94. The average molecular weight is 227 g/mol. The molecule has 0 fully saturated rings. The zero-order valence-electron chi connectivity index (χ0n) is 9.39. The first-order valence-electron chi connectivity index (χ1n) is 5.70. The van der Waals surface area contributed by atoms with Crippen molar-refractivity contribution in [1.29, 1.82) is 0 Å². The lowest BCUT2D eigenvalue weighted by atomic mass is 10.2. The smallest absolute Gasteiger partial charge is 0.167 e. The number of benzene rings is 1. The monoisotopic (exact) mass is 227 g/mol. The van der Waals surface area contributed by atoms with Crippen LogP contribution in [0.5, 0.6) is 0 Å². The van der Waals surface area contributed by atoms with Gasteiger partial charge in [-0.3, -0.25) is 4.79 Å². The van der Waals surface area contributed by atoms with Crippen LogP contribution in [0.25, 0.3) is 5.69 Å². The maximum Gasteiger partial charge on any atom is 0.167 e. The Morgan fingerprint density at radius 3 is 2.71 bits per heavy atom. The molecule has 1 aliphatic rings. The molecule has 2 aromatic rings. The van der Waals surface area contributed by atoms with Gasteiger partial charge in [0.15, 0.2) is 5.78 Å². The molecule has 1 heterocycles. The SMILES string of the molecule is NCc1c2c(nn1-c1ccccc1)CCC2=O. The highest BCUT2D eigenvalue weighted by Crippen LogP contribution is 2.26. The molecule has 4 nitrogen and oxygen atoms in total. The normalized spacial score (nSPS) is 14.1. The molecule has 0 bridgehead atoms. The van der Waals surface area contributed by atoms with Crippen molar-refractivity contribution in [2.24, 2.45) is 5.73 Å². The standard InChI is InChI=1S/C13H13N3O/c14-8-11-13-10(6-7-12(13)17)15-16(11)9-4-2-1-3-5-9/h1-5H,6-8,14H2. The summed E-state index contributed by atoms with van der Waals surface area (Å²) in [4.78, 5) is 11.8. The van der Waals surface area contributed by atoms with E-state index in [-0.39, 0.29) is 5.78 Å². The number of carbonyl (C=O) groups excluding carboxylic acids is 1. The second kappa shape index (κ2) is 3.82. The van der Waals surface area contributed by atoms with Crippen LogP contribution in [-0.4, -0.2) is 15.6 Å². The van der Waals surface area contributed by atoms with E-state index in [1.165, 1.54) is 0 Å². The van der Waals surface area contributed by atoms with Gasteiger partial charge in [0.2, 0.25) is 0 Å². The number of aromatic nitrogens is 2.